The van der Waals surface area contributed by atoms with Crippen molar-refractivity contribution in [3.63, 3.8) is 0 Å². The van der Waals surface area contributed by atoms with E-state index >= 15 is 0 Å². The molecule has 0 spiro atoms. The van der Waals surface area contributed by atoms with Crippen LogP contribution in [-0.2, 0) is 0 Å². The number of hydrogen-bond acceptors (Lipinski definition) is 3. The van der Waals surface area contributed by atoms with E-state index < -0.39 is 0 Å². The van der Waals surface area contributed by atoms with Crippen LogP contribution in [0.3, 0.4) is 0 Å². The predicted octanol–water partition coefficient (Wildman–Crippen LogP) is 2.89. The van der Waals surface area contributed by atoms with Crippen molar-refractivity contribution in [1.82, 2.24) is 0 Å². The summed E-state index contributed by atoms with van der Waals surface area (Å²) in [4.78, 5) is 12.6. The number of hydrogen-bond donors (Lipinski definition) is 2. The molecule has 0 saturated heterocycles. The molecule has 1 amide bonds. The van der Waals surface area contributed by atoms with Crippen LogP contribution in [-0.4, -0.2) is 5.91 Å². The van der Waals surface area contributed by atoms with Gasteiger partial charge in [0.2, 0.25) is 0 Å². The lowest BCUT2D eigenvalue weighted by Gasteiger charge is -2.04. The fourth-order valence-electron chi connectivity index (χ4n) is 1.36. The third-order valence-corrected chi connectivity index (χ3v) is 3.25. The number of aryl methyl sites for hydroxylation is 1. The van der Waals surface area contributed by atoms with E-state index in [9.17, 15) is 4.79 Å². The Morgan fingerprint density at radius 3 is 2.50 bits per heavy atom. The van der Waals surface area contributed by atoms with E-state index in [1.807, 2.05) is 18.4 Å². The summed E-state index contributed by atoms with van der Waals surface area (Å²) in [6.07, 6.45) is 0. The molecule has 2 aromatic rings. The van der Waals surface area contributed by atoms with Gasteiger partial charge in [0.25, 0.3) is 5.91 Å². The standard InChI is InChI=1S/C12H12N2OS/c1-8-6-7-16-11(8)12(15)14-10-4-2-9(13)3-5-10/h2-7H,13H2,1H3,(H,14,15). The maximum Gasteiger partial charge on any atom is 0.265 e. The highest BCUT2D eigenvalue weighted by Crippen LogP contribution is 2.18. The molecule has 3 N–H and O–H groups in total. The molecule has 3 nitrogen and oxygen atoms in total. The van der Waals surface area contributed by atoms with Gasteiger partial charge in [-0.05, 0) is 48.2 Å². The van der Waals surface area contributed by atoms with Crippen molar-refractivity contribution >= 4 is 28.6 Å². The molecular weight excluding hydrogens is 220 g/mol. The number of anilines is 2. The molecule has 0 radical (unpaired) electrons. The van der Waals surface area contributed by atoms with Crippen LogP contribution in [0.5, 0.6) is 0 Å². The zero-order valence-corrected chi connectivity index (χ0v) is 9.67. The molecule has 0 atom stereocenters. The van der Waals surface area contributed by atoms with Crippen LogP contribution < -0.4 is 11.1 Å². The number of benzene rings is 1. The molecule has 4 heteroatoms. The SMILES string of the molecule is Cc1ccsc1C(=O)Nc1ccc(N)cc1. The van der Waals surface area contributed by atoms with Gasteiger partial charge < -0.3 is 11.1 Å². The van der Waals surface area contributed by atoms with Gasteiger partial charge >= 0.3 is 0 Å². The Morgan fingerprint density at radius 1 is 1.25 bits per heavy atom. The molecule has 2 rings (SSSR count). The van der Waals surface area contributed by atoms with Crippen molar-refractivity contribution in [2.45, 2.75) is 6.92 Å². The summed E-state index contributed by atoms with van der Waals surface area (Å²) >= 11 is 1.44. The first-order chi connectivity index (χ1) is 7.66. The lowest BCUT2D eigenvalue weighted by Crippen LogP contribution is -2.11. The van der Waals surface area contributed by atoms with E-state index in [-0.39, 0.29) is 5.91 Å². The quantitative estimate of drug-likeness (QED) is 0.782. The minimum Gasteiger partial charge on any atom is -0.399 e. The van der Waals surface area contributed by atoms with Gasteiger partial charge in [0.1, 0.15) is 0 Å². The van der Waals surface area contributed by atoms with Crippen LogP contribution in [0, 0.1) is 6.92 Å². The molecule has 0 aliphatic heterocycles. The number of carbonyl (C=O) groups excluding carboxylic acids is 1. The van der Waals surface area contributed by atoms with Gasteiger partial charge in [-0.3, -0.25) is 4.79 Å². The van der Waals surface area contributed by atoms with Gasteiger partial charge in [0.15, 0.2) is 0 Å². The van der Waals surface area contributed by atoms with Crippen LogP contribution >= 0.6 is 11.3 Å². The number of nitrogens with one attached hydrogen (secondary N) is 1. The molecule has 1 aromatic carbocycles. The van der Waals surface area contributed by atoms with Crippen LogP contribution in [0.15, 0.2) is 35.7 Å². The van der Waals surface area contributed by atoms with E-state index in [2.05, 4.69) is 5.32 Å². The first kappa shape index (κ1) is 10.7. The van der Waals surface area contributed by atoms with Crippen molar-refractivity contribution in [2.24, 2.45) is 0 Å². The first-order valence-electron chi connectivity index (χ1n) is 4.88. The van der Waals surface area contributed by atoms with Gasteiger partial charge in [0, 0.05) is 11.4 Å². The normalized spacial score (nSPS) is 10.1. The molecule has 16 heavy (non-hydrogen) atoms. The summed E-state index contributed by atoms with van der Waals surface area (Å²) in [6.45, 7) is 1.92. The molecule has 0 saturated carbocycles. The van der Waals surface area contributed by atoms with Crippen molar-refractivity contribution in [3.8, 4) is 0 Å². The second kappa shape index (κ2) is 4.37. The lowest BCUT2D eigenvalue weighted by atomic mass is 10.2. The average Bonchev–Trinajstić information content (AvgIpc) is 2.68. The van der Waals surface area contributed by atoms with E-state index in [0.717, 1.165) is 16.1 Å². The Hall–Kier alpha value is -1.81. The highest BCUT2D eigenvalue weighted by molar-refractivity contribution is 7.12. The second-order valence-corrected chi connectivity index (χ2v) is 4.42. The first-order valence-corrected chi connectivity index (χ1v) is 5.76. The van der Waals surface area contributed by atoms with Crippen LogP contribution in [0.1, 0.15) is 15.2 Å². The van der Waals surface area contributed by atoms with E-state index in [1.54, 1.807) is 24.3 Å². The van der Waals surface area contributed by atoms with Gasteiger partial charge in [-0.15, -0.1) is 11.3 Å². The average molecular weight is 232 g/mol. The molecule has 1 heterocycles. The maximum absolute atomic E-state index is 11.8. The van der Waals surface area contributed by atoms with Gasteiger partial charge in [-0.25, -0.2) is 0 Å². The Labute approximate surface area is 97.9 Å². The van der Waals surface area contributed by atoms with Crippen molar-refractivity contribution in [3.05, 3.63) is 46.2 Å². The summed E-state index contributed by atoms with van der Waals surface area (Å²) in [5.41, 5.74) is 8.01. The molecule has 1 aromatic heterocycles. The minimum absolute atomic E-state index is 0.0720. The van der Waals surface area contributed by atoms with Crippen LogP contribution in [0.4, 0.5) is 11.4 Å². The molecule has 0 aliphatic carbocycles. The molecule has 0 bridgehead atoms. The third kappa shape index (κ3) is 2.23. The molecule has 0 unspecified atom stereocenters. The number of carbonyl (C=O) groups is 1. The van der Waals surface area contributed by atoms with Gasteiger partial charge in [0.05, 0.1) is 4.88 Å². The summed E-state index contributed by atoms with van der Waals surface area (Å²) in [5, 5.41) is 4.74. The Morgan fingerprint density at radius 2 is 1.94 bits per heavy atom. The van der Waals surface area contributed by atoms with Crippen LogP contribution in [0.2, 0.25) is 0 Å². The predicted molar refractivity (Wildman–Crippen MR) is 67.9 cm³/mol. The van der Waals surface area contributed by atoms with Crippen molar-refractivity contribution < 1.29 is 4.79 Å². The van der Waals surface area contributed by atoms with E-state index in [0.29, 0.717) is 5.69 Å². The third-order valence-electron chi connectivity index (χ3n) is 2.24. The molecular formula is C12H12N2OS. The van der Waals surface area contributed by atoms with Gasteiger partial charge in [-0.2, -0.15) is 0 Å². The Bertz CT molecular complexity index is 502. The summed E-state index contributed by atoms with van der Waals surface area (Å²) in [6, 6.07) is 9.03. The second-order valence-electron chi connectivity index (χ2n) is 3.51. The Kier molecular flexibility index (Phi) is 2.92. The van der Waals surface area contributed by atoms with Crippen molar-refractivity contribution in [1.29, 1.82) is 0 Å². The fraction of sp³-hybridized carbons (Fsp3) is 0.0833. The zero-order valence-electron chi connectivity index (χ0n) is 8.86. The van der Waals surface area contributed by atoms with E-state index in [4.69, 9.17) is 5.73 Å². The van der Waals surface area contributed by atoms with Crippen LogP contribution in [0.25, 0.3) is 0 Å². The number of rotatable bonds is 2. The largest absolute Gasteiger partial charge is 0.399 e. The smallest absolute Gasteiger partial charge is 0.265 e. The number of nitrogen functional groups attached to an aromatic ring is 1. The molecule has 0 fully saturated rings. The number of amides is 1. The molecule has 0 aliphatic rings. The maximum atomic E-state index is 11.8. The topological polar surface area (TPSA) is 55.1 Å². The lowest BCUT2D eigenvalue weighted by molar-refractivity contribution is 0.103. The minimum atomic E-state index is -0.0720. The summed E-state index contributed by atoms with van der Waals surface area (Å²) < 4.78 is 0. The number of thiophene rings is 1. The van der Waals surface area contributed by atoms with E-state index in [1.165, 1.54) is 11.3 Å². The van der Waals surface area contributed by atoms with Gasteiger partial charge in [-0.1, -0.05) is 0 Å². The van der Waals surface area contributed by atoms with Crippen molar-refractivity contribution in [2.75, 3.05) is 11.1 Å². The molecule has 82 valence electrons. The monoisotopic (exact) mass is 232 g/mol. The number of nitrogens with two attached hydrogens (primary N) is 1. The summed E-state index contributed by atoms with van der Waals surface area (Å²) in [7, 11) is 0. The highest BCUT2D eigenvalue weighted by Gasteiger charge is 2.09. The summed E-state index contributed by atoms with van der Waals surface area (Å²) in [5.74, 6) is -0.0720. The Balaban J connectivity index is 2.14. The fourth-order valence-corrected chi connectivity index (χ4v) is 2.18. The highest BCUT2D eigenvalue weighted by atomic mass is 32.1. The zero-order chi connectivity index (χ0) is 11.5.